The number of rotatable bonds is 6. The van der Waals surface area contributed by atoms with Gasteiger partial charge in [0.25, 0.3) is 0 Å². The molecule has 2 atom stereocenters. The molecule has 0 saturated carbocycles. The molecule has 2 aliphatic heterocycles. The zero-order chi connectivity index (χ0) is 17.5. The quantitative estimate of drug-likeness (QED) is 0.371. The zero-order valence-electron chi connectivity index (χ0n) is 16.8. The van der Waals surface area contributed by atoms with Crippen molar-refractivity contribution in [2.45, 2.75) is 46.1 Å². The van der Waals surface area contributed by atoms with Crippen LogP contribution in [-0.4, -0.2) is 75.3 Å². The van der Waals surface area contributed by atoms with Gasteiger partial charge in [-0.1, -0.05) is 20.8 Å². The second-order valence-electron chi connectivity index (χ2n) is 8.07. The van der Waals surface area contributed by atoms with Crippen LogP contribution in [0.5, 0.6) is 0 Å². The molecular formula is C19H39IN4O. The summed E-state index contributed by atoms with van der Waals surface area (Å²) in [4.78, 5) is 9.43. The Bertz CT molecular complexity index is 391. The van der Waals surface area contributed by atoms with Crippen LogP contribution in [0, 0.1) is 17.8 Å². The lowest BCUT2D eigenvalue weighted by molar-refractivity contribution is 0.109. The van der Waals surface area contributed by atoms with Crippen LogP contribution in [0.1, 0.15) is 40.0 Å². The number of halogens is 1. The van der Waals surface area contributed by atoms with Gasteiger partial charge >= 0.3 is 0 Å². The average molecular weight is 466 g/mol. The molecule has 0 aromatic rings. The molecule has 148 valence electrons. The van der Waals surface area contributed by atoms with Crippen LogP contribution in [-0.2, 0) is 4.74 Å². The molecule has 2 fully saturated rings. The first kappa shape index (κ1) is 23.0. The lowest BCUT2D eigenvalue weighted by Gasteiger charge is -2.39. The van der Waals surface area contributed by atoms with Crippen molar-refractivity contribution in [1.82, 2.24) is 15.1 Å². The van der Waals surface area contributed by atoms with Gasteiger partial charge in [-0.05, 0) is 44.2 Å². The highest BCUT2D eigenvalue weighted by Crippen LogP contribution is 2.21. The summed E-state index contributed by atoms with van der Waals surface area (Å²) in [5, 5.41) is 3.63. The molecule has 6 heteroatoms. The van der Waals surface area contributed by atoms with Crippen LogP contribution >= 0.6 is 24.0 Å². The highest BCUT2D eigenvalue weighted by Gasteiger charge is 2.26. The molecule has 1 N–H and O–H groups in total. The van der Waals surface area contributed by atoms with E-state index in [-0.39, 0.29) is 24.0 Å². The molecular weight excluding hydrogens is 427 g/mol. The summed E-state index contributed by atoms with van der Waals surface area (Å²) in [6.07, 6.45) is 3.83. The molecule has 0 aromatic heterocycles. The Morgan fingerprint density at radius 1 is 1.28 bits per heavy atom. The van der Waals surface area contributed by atoms with E-state index >= 15 is 0 Å². The number of ether oxygens (including phenoxy) is 1. The minimum atomic E-state index is 0. The minimum absolute atomic E-state index is 0. The van der Waals surface area contributed by atoms with Crippen molar-refractivity contribution in [2.75, 3.05) is 53.5 Å². The maximum atomic E-state index is 5.50. The summed E-state index contributed by atoms with van der Waals surface area (Å²) in [6, 6.07) is 0.581. The molecule has 2 aliphatic rings. The summed E-state index contributed by atoms with van der Waals surface area (Å²) in [6.45, 7) is 13.3. The molecule has 5 nitrogen and oxygen atoms in total. The third kappa shape index (κ3) is 7.21. The lowest BCUT2D eigenvalue weighted by atomic mass is 9.94. The largest absolute Gasteiger partial charge is 0.381 e. The van der Waals surface area contributed by atoms with E-state index in [4.69, 9.17) is 4.74 Å². The van der Waals surface area contributed by atoms with E-state index in [1.807, 2.05) is 7.05 Å². The minimum Gasteiger partial charge on any atom is -0.381 e. The molecule has 0 radical (unpaired) electrons. The van der Waals surface area contributed by atoms with E-state index in [9.17, 15) is 0 Å². The first-order valence-electron chi connectivity index (χ1n) is 9.74. The van der Waals surface area contributed by atoms with Gasteiger partial charge in [0, 0.05) is 45.8 Å². The number of hydrogen-bond donors (Lipinski definition) is 1. The molecule has 25 heavy (non-hydrogen) atoms. The number of guanidine groups is 1. The Hall–Kier alpha value is -0.0800. The van der Waals surface area contributed by atoms with E-state index in [0.29, 0.717) is 17.9 Å². The summed E-state index contributed by atoms with van der Waals surface area (Å²) in [5.41, 5.74) is 0. The summed E-state index contributed by atoms with van der Waals surface area (Å²) < 4.78 is 5.50. The van der Waals surface area contributed by atoms with E-state index in [1.54, 1.807) is 0 Å². The van der Waals surface area contributed by atoms with Gasteiger partial charge in [-0.3, -0.25) is 9.89 Å². The smallest absolute Gasteiger partial charge is 0.193 e. The van der Waals surface area contributed by atoms with Crippen LogP contribution < -0.4 is 5.32 Å². The fourth-order valence-electron chi connectivity index (χ4n) is 3.93. The van der Waals surface area contributed by atoms with Gasteiger partial charge in [0.2, 0.25) is 0 Å². The Labute approximate surface area is 172 Å². The van der Waals surface area contributed by atoms with Crippen LogP contribution in [0.25, 0.3) is 0 Å². The second-order valence-corrected chi connectivity index (χ2v) is 8.07. The van der Waals surface area contributed by atoms with E-state index in [0.717, 1.165) is 38.2 Å². The van der Waals surface area contributed by atoms with Crippen LogP contribution in [0.3, 0.4) is 0 Å². The third-order valence-corrected chi connectivity index (χ3v) is 5.66. The Morgan fingerprint density at radius 2 is 1.96 bits per heavy atom. The molecule has 0 bridgehead atoms. The first-order valence-corrected chi connectivity index (χ1v) is 9.74. The van der Waals surface area contributed by atoms with Gasteiger partial charge in [0.05, 0.1) is 6.61 Å². The van der Waals surface area contributed by atoms with Crippen LogP contribution in [0.15, 0.2) is 4.99 Å². The molecule has 0 aliphatic carbocycles. The molecule has 2 saturated heterocycles. The normalized spacial score (nSPS) is 24.2. The summed E-state index contributed by atoms with van der Waals surface area (Å²) in [7, 11) is 4.03. The van der Waals surface area contributed by atoms with Crippen molar-refractivity contribution in [1.29, 1.82) is 0 Å². The second kappa shape index (κ2) is 11.6. The molecule has 2 unspecified atom stereocenters. The Kier molecular flexibility index (Phi) is 10.6. The van der Waals surface area contributed by atoms with Crippen molar-refractivity contribution in [2.24, 2.45) is 22.7 Å². The fraction of sp³-hybridized carbons (Fsp3) is 0.947. The average Bonchev–Trinajstić information content (AvgIpc) is 3.05. The van der Waals surface area contributed by atoms with Gasteiger partial charge in [-0.25, -0.2) is 0 Å². The first-order chi connectivity index (χ1) is 11.5. The molecule has 0 amide bonds. The maximum Gasteiger partial charge on any atom is 0.193 e. The van der Waals surface area contributed by atoms with Gasteiger partial charge in [-0.15, -0.1) is 24.0 Å². The van der Waals surface area contributed by atoms with Crippen molar-refractivity contribution >= 4 is 29.9 Å². The number of aliphatic imine (C=N–C) groups is 1. The van der Waals surface area contributed by atoms with Gasteiger partial charge in [0.15, 0.2) is 5.96 Å². The predicted octanol–water partition coefficient (Wildman–Crippen LogP) is 2.90. The number of hydrogen-bond acceptors (Lipinski definition) is 3. The summed E-state index contributed by atoms with van der Waals surface area (Å²) >= 11 is 0. The molecule has 2 rings (SSSR count). The van der Waals surface area contributed by atoms with E-state index in [2.05, 4.69) is 47.9 Å². The zero-order valence-corrected chi connectivity index (χ0v) is 19.2. The number of piperidine rings is 1. The van der Waals surface area contributed by atoms with Crippen molar-refractivity contribution in [3.63, 3.8) is 0 Å². The number of nitrogens with zero attached hydrogens (tertiary/aromatic N) is 3. The maximum absolute atomic E-state index is 5.50. The monoisotopic (exact) mass is 466 g/mol. The number of likely N-dealkylation sites (tertiary alicyclic amines) is 1. The van der Waals surface area contributed by atoms with Gasteiger partial charge in [-0.2, -0.15) is 0 Å². The number of nitrogens with one attached hydrogen (secondary N) is 1. The van der Waals surface area contributed by atoms with E-state index < -0.39 is 0 Å². The molecule has 2 heterocycles. The lowest BCUT2D eigenvalue weighted by Crippen LogP contribution is -2.52. The highest BCUT2D eigenvalue weighted by molar-refractivity contribution is 14.0. The third-order valence-electron chi connectivity index (χ3n) is 5.66. The van der Waals surface area contributed by atoms with Crippen molar-refractivity contribution < 1.29 is 4.74 Å². The van der Waals surface area contributed by atoms with Crippen LogP contribution in [0.2, 0.25) is 0 Å². The highest BCUT2D eigenvalue weighted by atomic mass is 127. The standard InChI is InChI=1S/C19H38N4O.HI/c1-15(2)18(23-9-6-16(3)7-10-23)12-21-19(20-4)22(5)13-17-8-11-24-14-17;/h15-18H,6-14H2,1-5H3,(H,20,21);1H. The van der Waals surface area contributed by atoms with Crippen molar-refractivity contribution in [3.05, 3.63) is 0 Å². The summed E-state index contributed by atoms with van der Waals surface area (Å²) in [5.74, 6) is 3.18. The van der Waals surface area contributed by atoms with E-state index in [1.165, 1.54) is 32.4 Å². The molecule has 0 aromatic carbocycles. The van der Waals surface area contributed by atoms with Gasteiger partial charge in [0.1, 0.15) is 0 Å². The Balaban J connectivity index is 0.00000312. The van der Waals surface area contributed by atoms with Crippen LogP contribution in [0.4, 0.5) is 0 Å². The predicted molar refractivity (Wildman–Crippen MR) is 117 cm³/mol. The van der Waals surface area contributed by atoms with Crippen molar-refractivity contribution in [3.8, 4) is 0 Å². The Morgan fingerprint density at radius 3 is 2.48 bits per heavy atom. The fourth-order valence-corrected chi connectivity index (χ4v) is 3.93. The molecule has 0 spiro atoms. The van der Waals surface area contributed by atoms with Gasteiger partial charge < -0.3 is 15.0 Å². The SMILES string of the molecule is CN=C(NCC(C(C)C)N1CCC(C)CC1)N(C)CC1CCOC1.I. The topological polar surface area (TPSA) is 40.1 Å².